The second-order valence-corrected chi connectivity index (χ2v) is 5.01. The van der Waals surface area contributed by atoms with Crippen LogP contribution in [0.15, 0.2) is 24.5 Å². The van der Waals surface area contributed by atoms with Gasteiger partial charge in [0.05, 0.1) is 0 Å². The summed E-state index contributed by atoms with van der Waals surface area (Å²) in [6, 6.07) is 4.04. The predicted octanol–water partition coefficient (Wildman–Crippen LogP) is 2.07. The van der Waals surface area contributed by atoms with Crippen molar-refractivity contribution >= 4 is 6.03 Å². The molecule has 0 spiro atoms. The quantitative estimate of drug-likeness (QED) is 0.888. The predicted molar refractivity (Wildman–Crippen MR) is 71.3 cm³/mol. The summed E-state index contributed by atoms with van der Waals surface area (Å²) < 4.78 is 0. The molecular formula is C14H21N3O. The fourth-order valence-electron chi connectivity index (χ4n) is 2.19. The van der Waals surface area contributed by atoms with E-state index in [2.05, 4.69) is 17.2 Å². The summed E-state index contributed by atoms with van der Waals surface area (Å²) in [6.45, 7) is 4.72. The maximum absolute atomic E-state index is 11.9. The first-order chi connectivity index (χ1) is 8.75. The van der Waals surface area contributed by atoms with Gasteiger partial charge in [0, 0.05) is 32.0 Å². The molecule has 1 aromatic rings. The van der Waals surface area contributed by atoms with Crippen molar-refractivity contribution < 1.29 is 4.79 Å². The number of aromatic nitrogens is 1. The molecule has 0 bridgehead atoms. The maximum Gasteiger partial charge on any atom is 0.317 e. The van der Waals surface area contributed by atoms with Crippen LogP contribution in [0.3, 0.4) is 0 Å². The first-order valence-electron chi connectivity index (χ1n) is 6.67. The van der Waals surface area contributed by atoms with Crippen molar-refractivity contribution in [3.05, 3.63) is 30.1 Å². The Bertz CT molecular complexity index is 372. The van der Waals surface area contributed by atoms with Crippen LogP contribution in [0.2, 0.25) is 0 Å². The Kier molecular flexibility index (Phi) is 4.56. The molecule has 98 valence electrons. The van der Waals surface area contributed by atoms with Crippen molar-refractivity contribution in [1.82, 2.24) is 15.2 Å². The molecule has 2 heterocycles. The highest BCUT2D eigenvalue weighted by atomic mass is 16.2. The molecule has 0 saturated carbocycles. The summed E-state index contributed by atoms with van der Waals surface area (Å²) in [5, 5.41) is 2.98. The van der Waals surface area contributed by atoms with Crippen molar-refractivity contribution in [2.45, 2.75) is 26.2 Å². The van der Waals surface area contributed by atoms with Gasteiger partial charge < -0.3 is 10.2 Å². The van der Waals surface area contributed by atoms with Crippen molar-refractivity contribution in [3.8, 4) is 0 Å². The van der Waals surface area contributed by atoms with E-state index in [-0.39, 0.29) is 6.03 Å². The van der Waals surface area contributed by atoms with Crippen LogP contribution in [0.5, 0.6) is 0 Å². The van der Waals surface area contributed by atoms with Gasteiger partial charge in [0.25, 0.3) is 0 Å². The Morgan fingerprint density at radius 2 is 2.06 bits per heavy atom. The number of piperidine rings is 1. The summed E-state index contributed by atoms with van der Waals surface area (Å²) >= 11 is 0. The number of hydrogen-bond acceptors (Lipinski definition) is 2. The Balaban J connectivity index is 1.69. The topological polar surface area (TPSA) is 45.2 Å². The van der Waals surface area contributed by atoms with E-state index in [1.807, 2.05) is 17.0 Å². The van der Waals surface area contributed by atoms with E-state index in [9.17, 15) is 4.79 Å². The van der Waals surface area contributed by atoms with Gasteiger partial charge in [0.2, 0.25) is 0 Å². The van der Waals surface area contributed by atoms with Crippen molar-refractivity contribution in [3.63, 3.8) is 0 Å². The first-order valence-corrected chi connectivity index (χ1v) is 6.67. The third-order valence-corrected chi connectivity index (χ3v) is 3.51. The van der Waals surface area contributed by atoms with Gasteiger partial charge in [0.1, 0.15) is 0 Å². The lowest BCUT2D eigenvalue weighted by Crippen LogP contribution is -2.44. The molecule has 1 aromatic heterocycles. The molecule has 1 aliphatic rings. The van der Waals surface area contributed by atoms with E-state index in [1.54, 1.807) is 12.4 Å². The standard InChI is InChI=1S/C14H21N3O/c1-12-5-10-17(11-6-12)14(18)16-9-4-13-2-7-15-8-3-13/h2-3,7-8,12H,4-6,9-11H2,1H3,(H,16,18). The Hall–Kier alpha value is -1.58. The van der Waals surface area contributed by atoms with Gasteiger partial charge in [-0.25, -0.2) is 4.79 Å². The number of likely N-dealkylation sites (tertiary alicyclic amines) is 1. The minimum Gasteiger partial charge on any atom is -0.338 e. The molecule has 0 unspecified atom stereocenters. The van der Waals surface area contributed by atoms with Gasteiger partial charge in [-0.05, 0) is 42.9 Å². The maximum atomic E-state index is 11.9. The van der Waals surface area contributed by atoms with E-state index in [1.165, 1.54) is 5.56 Å². The molecular weight excluding hydrogens is 226 g/mol. The molecule has 2 amide bonds. The lowest BCUT2D eigenvalue weighted by Gasteiger charge is -2.30. The lowest BCUT2D eigenvalue weighted by atomic mass is 10.00. The first kappa shape index (κ1) is 12.9. The highest BCUT2D eigenvalue weighted by molar-refractivity contribution is 5.74. The number of rotatable bonds is 3. The van der Waals surface area contributed by atoms with Gasteiger partial charge in [-0.2, -0.15) is 0 Å². The van der Waals surface area contributed by atoms with Crippen LogP contribution in [0.1, 0.15) is 25.3 Å². The molecule has 0 aliphatic carbocycles. The Labute approximate surface area is 108 Å². The van der Waals surface area contributed by atoms with E-state index < -0.39 is 0 Å². The van der Waals surface area contributed by atoms with Crippen LogP contribution in [-0.2, 0) is 6.42 Å². The Morgan fingerprint density at radius 1 is 1.39 bits per heavy atom. The van der Waals surface area contributed by atoms with E-state index >= 15 is 0 Å². The summed E-state index contributed by atoms with van der Waals surface area (Å²) in [6.07, 6.45) is 6.67. The summed E-state index contributed by atoms with van der Waals surface area (Å²) in [5.41, 5.74) is 1.21. The molecule has 0 radical (unpaired) electrons. The zero-order valence-electron chi connectivity index (χ0n) is 10.9. The van der Waals surface area contributed by atoms with E-state index in [0.29, 0.717) is 6.54 Å². The molecule has 1 fully saturated rings. The molecule has 4 heteroatoms. The van der Waals surface area contributed by atoms with Crippen LogP contribution in [0.25, 0.3) is 0 Å². The Morgan fingerprint density at radius 3 is 2.72 bits per heavy atom. The number of carbonyl (C=O) groups is 1. The minimum atomic E-state index is 0.0796. The van der Waals surface area contributed by atoms with Crippen molar-refractivity contribution in [2.24, 2.45) is 5.92 Å². The number of pyridine rings is 1. The van der Waals surface area contributed by atoms with Gasteiger partial charge >= 0.3 is 6.03 Å². The molecule has 0 aromatic carbocycles. The SMILES string of the molecule is CC1CCN(C(=O)NCCc2ccncc2)CC1. The van der Waals surface area contributed by atoms with Gasteiger partial charge in [-0.1, -0.05) is 6.92 Å². The normalized spacial score (nSPS) is 16.6. The van der Waals surface area contributed by atoms with Gasteiger partial charge in [-0.3, -0.25) is 4.98 Å². The zero-order valence-corrected chi connectivity index (χ0v) is 10.9. The molecule has 1 saturated heterocycles. The van der Waals surface area contributed by atoms with Crippen molar-refractivity contribution in [2.75, 3.05) is 19.6 Å². The summed E-state index contributed by atoms with van der Waals surface area (Å²) in [7, 11) is 0. The number of nitrogens with zero attached hydrogens (tertiary/aromatic N) is 2. The molecule has 2 rings (SSSR count). The minimum absolute atomic E-state index is 0.0796. The lowest BCUT2D eigenvalue weighted by molar-refractivity contribution is 0.174. The van der Waals surface area contributed by atoms with Gasteiger partial charge in [0.15, 0.2) is 0 Å². The average Bonchev–Trinajstić information content (AvgIpc) is 2.40. The van der Waals surface area contributed by atoms with Crippen LogP contribution in [0.4, 0.5) is 4.79 Å². The fourth-order valence-corrected chi connectivity index (χ4v) is 2.19. The molecule has 1 aliphatic heterocycles. The zero-order chi connectivity index (χ0) is 12.8. The average molecular weight is 247 g/mol. The van der Waals surface area contributed by atoms with Gasteiger partial charge in [-0.15, -0.1) is 0 Å². The second kappa shape index (κ2) is 6.38. The van der Waals surface area contributed by atoms with E-state index in [4.69, 9.17) is 0 Å². The van der Waals surface area contributed by atoms with E-state index in [0.717, 1.165) is 38.3 Å². The number of nitrogens with one attached hydrogen (secondary N) is 1. The number of urea groups is 1. The van der Waals surface area contributed by atoms with Crippen LogP contribution in [-0.4, -0.2) is 35.5 Å². The largest absolute Gasteiger partial charge is 0.338 e. The highest BCUT2D eigenvalue weighted by Crippen LogP contribution is 2.15. The van der Waals surface area contributed by atoms with Crippen LogP contribution >= 0.6 is 0 Å². The number of hydrogen-bond donors (Lipinski definition) is 1. The summed E-state index contributed by atoms with van der Waals surface area (Å²) in [5.74, 6) is 0.755. The van der Waals surface area contributed by atoms with Crippen LogP contribution < -0.4 is 5.32 Å². The van der Waals surface area contributed by atoms with Crippen LogP contribution in [0, 0.1) is 5.92 Å². The monoisotopic (exact) mass is 247 g/mol. The molecule has 18 heavy (non-hydrogen) atoms. The number of amides is 2. The molecule has 1 N–H and O–H groups in total. The third kappa shape index (κ3) is 3.72. The number of carbonyl (C=O) groups excluding carboxylic acids is 1. The smallest absolute Gasteiger partial charge is 0.317 e. The summed E-state index contributed by atoms with van der Waals surface area (Å²) in [4.78, 5) is 17.8. The second-order valence-electron chi connectivity index (χ2n) is 5.01. The fraction of sp³-hybridized carbons (Fsp3) is 0.571. The third-order valence-electron chi connectivity index (χ3n) is 3.51. The highest BCUT2D eigenvalue weighted by Gasteiger charge is 2.19. The molecule has 4 nitrogen and oxygen atoms in total. The molecule has 0 atom stereocenters. The van der Waals surface area contributed by atoms with Crippen molar-refractivity contribution in [1.29, 1.82) is 0 Å².